The lowest BCUT2D eigenvalue weighted by Crippen LogP contribution is -2.35. The molecule has 3 N–H and O–H groups in total. The SMILES string of the molecule is CCOc1nn(C[C@H](C)O)c2c1/C=C/c1[nH]nc3[nH]c(=O)c(cc13)-c1cnn(C)c1O[C@@H](C)CN(CC)C2. The molecular formula is C26H34N8O4. The molecule has 5 heterocycles. The van der Waals surface area contributed by atoms with Crippen molar-refractivity contribution in [3.8, 4) is 22.9 Å². The van der Waals surface area contributed by atoms with Gasteiger partial charge >= 0.3 is 0 Å². The minimum Gasteiger partial charge on any atom is -0.476 e. The molecule has 38 heavy (non-hydrogen) atoms. The van der Waals surface area contributed by atoms with Crippen LogP contribution in [0, 0.1) is 0 Å². The van der Waals surface area contributed by atoms with E-state index in [-0.39, 0.29) is 11.7 Å². The minimum absolute atomic E-state index is 0.208. The van der Waals surface area contributed by atoms with Gasteiger partial charge in [-0.25, -0.2) is 4.68 Å². The second-order valence-electron chi connectivity index (χ2n) is 9.62. The number of hydrogen-bond acceptors (Lipinski definition) is 8. The number of aliphatic hydroxyl groups is 1. The maximum atomic E-state index is 13.0. The summed E-state index contributed by atoms with van der Waals surface area (Å²) in [4.78, 5) is 18.2. The Balaban J connectivity index is 1.73. The van der Waals surface area contributed by atoms with Crippen molar-refractivity contribution in [2.45, 2.75) is 53.0 Å². The van der Waals surface area contributed by atoms with Crippen LogP contribution in [0.2, 0.25) is 0 Å². The Morgan fingerprint density at radius 3 is 2.84 bits per heavy atom. The van der Waals surface area contributed by atoms with E-state index in [1.165, 1.54) is 0 Å². The number of rotatable bonds is 5. The lowest BCUT2D eigenvalue weighted by atomic mass is 10.1. The van der Waals surface area contributed by atoms with Crippen molar-refractivity contribution in [1.29, 1.82) is 0 Å². The predicted molar refractivity (Wildman–Crippen MR) is 144 cm³/mol. The Hall–Kier alpha value is -3.90. The predicted octanol–water partition coefficient (Wildman–Crippen LogP) is 2.40. The molecule has 1 aliphatic heterocycles. The van der Waals surface area contributed by atoms with Crippen molar-refractivity contribution in [3.63, 3.8) is 0 Å². The van der Waals surface area contributed by atoms with E-state index in [1.54, 1.807) is 24.9 Å². The van der Waals surface area contributed by atoms with Gasteiger partial charge in [0.2, 0.25) is 11.8 Å². The van der Waals surface area contributed by atoms with E-state index >= 15 is 0 Å². The van der Waals surface area contributed by atoms with E-state index in [0.717, 1.165) is 28.9 Å². The Kier molecular flexibility index (Phi) is 7.09. The molecule has 0 spiro atoms. The van der Waals surface area contributed by atoms with Gasteiger partial charge in [-0.1, -0.05) is 6.92 Å². The number of likely N-dealkylation sites (N-methyl/N-ethyl adjacent to an activating group) is 1. The fourth-order valence-electron chi connectivity index (χ4n) is 4.81. The molecule has 0 saturated heterocycles. The molecule has 0 fully saturated rings. The van der Waals surface area contributed by atoms with Crippen molar-refractivity contribution >= 4 is 23.2 Å². The number of nitrogens with zero attached hydrogens (tertiary/aromatic N) is 6. The maximum absolute atomic E-state index is 13.0. The van der Waals surface area contributed by atoms with E-state index in [4.69, 9.17) is 14.6 Å². The van der Waals surface area contributed by atoms with E-state index in [0.29, 0.717) is 54.8 Å². The quantitative estimate of drug-likeness (QED) is 0.363. The smallest absolute Gasteiger partial charge is 0.257 e. The van der Waals surface area contributed by atoms with E-state index in [9.17, 15) is 9.90 Å². The Morgan fingerprint density at radius 1 is 1.29 bits per heavy atom. The maximum Gasteiger partial charge on any atom is 0.257 e. The van der Waals surface area contributed by atoms with Crippen LogP contribution in [-0.4, -0.2) is 76.7 Å². The monoisotopic (exact) mass is 522 g/mol. The van der Waals surface area contributed by atoms with Crippen LogP contribution in [0.25, 0.3) is 34.3 Å². The summed E-state index contributed by atoms with van der Waals surface area (Å²) < 4.78 is 15.8. The highest BCUT2D eigenvalue weighted by Gasteiger charge is 2.24. The number of aliphatic hydroxyl groups excluding tert-OH is 1. The summed E-state index contributed by atoms with van der Waals surface area (Å²) in [5.41, 5.74) is 3.72. The van der Waals surface area contributed by atoms with Gasteiger partial charge in [0.15, 0.2) is 5.65 Å². The molecule has 2 atom stereocenters. The lowest BCUT2D eigenvalue weighted by molar-refractivity contribution is 0.131. The van der Waals surface area contributed by atoms with Crippen molar-refractivity contribution in [1.82, 2.24) is 39.6 Å². The van der Waals surface area contributed by atoms with Crippen LogP contribution >= 0.6 is 0 Å². The van der Waals surface area contributed by atoms with Crippen LogP contribution in [0.4, 0.5) is 0 Å². The number of H-pyrrole nitrogens is 2. The molecule has 12 heteroatoms. The van der Waals surface area contributed by atoms with Crippen LogP contribution in [0.5, 0.6) is 11.8 Å². The number of pyridine rings is 1. The Labute approximate surface area is 219 Å². The van der Waals surface area contributed by atoms with E-state index < -0.39 is 6.10 Å². The fourth-order valence-corrected chi connectivity index (χ4v) is 4.81. The van der Waals surface area contributed by atoms with Crippen LogP contribution in [0.15, 0.2) is 17.1 Å². The summed E-state index contributed by atoms with van der Waals surface area (Å²) in [6.45, 7) is 10.5. The third kappa shape index (κ3) is 4.84. The average Bonchev–Trinajstić information content (AvgIpc) is 3.52. The van der Waals surface area contributed by atoms with Crippen molar-refractivity contribution in [3.05, 3.63) is 39.6 Å². The summed E-state index contributed by atoms with van der Waals surface area (Å²) in [5, 5.41) is 27.3. The Bertz CT molecular complexity index is 1530. The highest BCUT2D eigenvalue weighted by Crippen LogP contribution is 2.32. The zero-order valence-electron chi connectivity index (χ0n) is 22.4. The normalized spacial score (nSPS) is 17.9. The number of ether oxygens (including phenoxy) is 2. The minimum atomic E-state index is -0.582. The molecule has 0 radical (unpaired) electrons. The summed E-state index contributed by atoms with van der Waals surface area (Å²) in [6.07, 6.45) is 4.72. The molecule has 1 aliphatic rings. The zero-order valence-corrected chi connectivity index (χ0v) is 22.4. The van der Waals surface area contributed by atoms with Gasteiger partial charge in [0, 0.05) is 25.5 Å². The van der Waals surface area contributed by atoms with Crippen molar-refractivity contribution < 1.29 is 14.6 Å². The number of aryl methyl sites for hydroxylation is 1. The molecule has 0 aliphatic carbocycles. The van der Waals surface area contributed by atoms with Gasteiger partial charge in [-0.2, -0.15) is 10.2 Å². The van der Waals surface area contributed by atoms with E-state index in [2.05, 4.69) is 32.1 Å². The molecule has 0 aromatic carbocycles. The largest absolute Gasteiger partial charge is 0.476 e. The van der Waals surface area contributed by atoms with Crippen LogP contribution < -0.4 is 15.0 Å². The van der Waals surface area contributed by atoms with Gasteiger partial charge in [-0.3, -0.25) is 19.5 Å². The van der Waals surface area contributed by atoms with Gasteiger partial charge in [0.1, 0.15) is 6.10 Å². The van der Waals surface area contributed by atoms with Crippen molar-refractivity contribution in [2.24, 2.45) is 7.05 Å². The summed E-state index contributed by atoms with van der Waals surface area (Å²) in [6, 6.07) is 1.81. The fraction of sp³-hybridized carbons (Fsp3) is 0.462. The zero-order chi connectivity index (χ0) is 27.0. The molecule has 202 valence electrons. The molecule has 2 bridgehead atoms. The first kappa shape index (κ1) is 25.7. The highest BCUT2D eigenvalue weighted by molar-refractivity contribution is 5.90. The number of hydrogen-bond donors (Lipinski definition) is 3. The summed E-state index contributed by atoms with van der Waals surface area (Å²) >= 11 is 0. The third-order valence-corrected chi connectivity index (χ3v) is 6.62. The highest BCUT2D eigenvalue weighted by atomic mass is 16.5. The molecule has 0 unspecified atom stereocenters. The molecule has 12 nitrogen and oxygen atoms in total. The van der Waals surface area contributed by atoms with E-state index in [1.807, 2.05) is 36.7 Å². The van der Waals surface area contributed by atoms with Crippen LogP contribution in [0.3, 0.4) is 0 Å². The average molecular weight is 523 g/mol. The summed E-state index contributed by atoms with van der Waals surface area (Å²) in [7, 11) is 1.80. The first-order valence-electron chi connectivity index (χ1n) is 12.9. The first-order valence-corrected chi connectivity index (χ1v) is 12.9. The number of aromatic amines is 2. The topological polar surface area (TPSA) is 139 Å². The van der Waals surface area contributed by atoms with Crippen molar-refractivity contribution in [2.75, 3.05) is 19.7 Å². The first-order chi connectivity index (χ1) is 18.3. The van der Waals surface area contributed by atoms with Crippen LogP contribution in [0.1, 0.15) is 44.6 Å². The lowest BCUT2D eigenvalue weighted by Gasteiger charge is -2.26. The molecule has 0 saturated carbocycles. The Morgan fingerprint density at radius 2 is 2.11 bits per heavy atom. The number of aromatic nitrogens is 7. The second-order valence-corrected chi connectivity index (χ2v) is 9.62. The van der Waals surface area contributed by atoms with Gasteiger partial charge < -0.3 is 19.6 Å². The van der Waals surface area contributed by atoms with Gasteiger partial charge in [-0.05, 0) is 45.5 Å². The molecule has 4 aromatic heterocycles. The number of fused-ring (bicyclic) bond motifs is 4. The summed E-state index contributed by atoms with van der Waals surface area (Å²) in [5.74, 6) is 1.02. The molecule has 0 amide bonds. The van der Waals surface area contributed by atoms with Gasteiger partial charge in [0.05, 0.1) is 53.5 Å². The van der Waals surface area contributed by atoms with Gasteiger partial charge in [-0.15, -0.1) is 5.10 Å². The van der Waals surface area contributed by atoms with Crippen LogP contribution in [-0.2, 0) is 20.1 Å². The standard InChI is InChI=1S/C26H34N8O4/c1-6-33-13-16(4)38-26-20(11-27-32(26)5)18-10-19-21(29-30-23(19)28-24(18)36)9-8-17-22(14-33)34(12-15(3)35)31-25(17)37-7-2/h8-11,15-16,35H,6-7,12-14H2,1-5H3,(H2,28,29,30,36)/b9-8+/t15-,16-/m0/s1. The molecule has 4 aromatic rings. The second kappa shape index (κ2) is 10.5. The number of nitrogens with one attached hydrogen (secondary N) is 2. The molecular weight excluding hydrogens is 488 g/mol. The molecule has 5 rings (SSSR count). The van der Waals surface area contributed by atoms with Gasteiger partial charge in [0.25, 0.3) is 5.56 Å². The third-order valence-electron chi connectivity index (χ3n) is 6.62.